The molecule has 0 aliphatic heterocycles. The largest absolute Gasteiger partial charge is 0.481 e. The number of aromatic nitrogens is 2. The Hall–Kier alpha value is -2.66. The zero-order chi connectivity index (χ0) is 20.2. The molecule has 0 spiro atoms. The first-order valence-electron chi connectivity index (χ1n) is 10.5. The number of carbonyl (C=O) groups is 1. The zero-order valence-corrected chi connectivity index (χ0v) is 16.6. The average molecular weight is 392 g/mol. The van der Waals surface area contributed by atoms with E-state index in [9.17, 15) is 15.0 Å². The third-order valence-electron chi connectivity index (χ3n) is 6.12. The molecule has 0 radical (unpaired) electrons. The number of carboxylic acid groups (broad SMARTS) is 1. The van der Waals surface area contributed by atoms with Crippen molar-refractivity contribution in [2.45, 2.75) is 51.0 Å². The summed E-state index contributed by atoms with van der Waals surface area (Å²) < 4.78 is 2.22. The van der Waals surface area contributed by atoms with E-state index in [1.165, 1.54) is 5.56 Å². The van der Waals surface area contributed by atoms with Crippen LogP contribution in [0, 0.1) is 5.92 Å². The second kappa shape index (κ2) is 8.78. The van der Waals surface area contributed by atoms with Crippen LogP contribution >= 0.6 is 0 Å². The number of para-hydroxylation sites is 2. The van der Waals surface area contributed by atoms with E-state index in [1.54, 1.807) is 0 Å². The van der Waals surface area contributed by atoms with Crippen molar-refractivity contribution < 1.29 is 15.0 Å². The van der Waals surface area contributed by atoms with Crippen molar-refractivity contribution in [3.63, 3.8) is 0 Å². The molecule has 1 heterocycles. The second-order valence-corrected chi connectivity index (χ2v) is 8.01. The van der Waals surface area contributed by atoms with Crippen molar-refractivity contribution >= 4 is 17.0 Å². The van der Waals surface area contributed by atoms with Crippen LogP contribution in [0.2, 0.25) is 0 Å². The molecule has 2 atom stereocenters. The van der Waals surface area contributed by atoms with E-state index in [0.29, 0.717) is 13.0 Å². The number of aryl methyl sites for hydroxylation is 1. The molecular formula is C24H28N2O3. The SMILES string of the molecule is O=C(O)C1CCCCC1c1ccc(Cn2c(CCCO)nc3ccccc32)cc1. The molecular weight excluding hydrogens is 364 g/mol. The maximum Gasteiger partial charge on any atom is 0.307 e. The predicted octanol–water partition coefficient (Wildman–Crippen LogP) is 4.37. The summed E-state index contributed by atoms with van der Waals surface area (Å²) in [4.78, 5) is 16.4. The number of hydrogen-bond donors (Lipinski definition) is 2. The van der Waals surface area contributed by atoms with Crippen molar-refractivity contribution in [3.8, 4) is 0 Å². The number of carboxylic acids is 1. The van der Waals surface area contributed by atoms with Crippen LogP contribution in [0.5, 0.6) is 0 Å². The molecule has 3 aromatic rings. The molecule has 4 rings (SSSR count). The lowest BCUT2D eigenvalue weighted by Crippen LogP contribution is -2.25. The van der Waals surface area contributed by atoms with Crippen LogP contribution in [-0.4, -0.2) is 32.3 Å². The predicted molar refractivity (Wildman–Crippen MR) is 113 cm³/mol. The van der Waals surface area contributed by atoms with Gasteiger partial charge in [0.1, 0.15) is 5.82 Å². The van der Waals surface area contributed by atoms with Gasteiger partial charge in [-0.2, -0.15) is 0 Å². The highest BCUT2D eigenvalue weighted by molar-refractivity contribution is 5.76. The zero-order valence-electron chi connectivity index (χ0n) is 16.6. The van der Waals surface area contributed by atoms with Crippen LogP contribution in [0.3, 0.4) is 0 Å². The molecule has 1 fully saturated rings. The number of nitrogens with zero attached hydrogens (tertiary/aromatic N) is 2. The molecule has 0 saturated heterocycles. The topological polar surface area (TPSA) is 75.3 Å². The van der Waals surface area contributed by atoms with E-state index < -0.39 is 5.97 Å². The minimum Gasteiger partial charge on any atom is -0.481 e. The van der Waals surface area contributed by atoms with Crippen LogP contribution in [0.1, 0.15) is 55.0 Å². The van der Waals surface area contributed by atoms with Crippen LogP contribution < -0.4 is 0 Å². The Morgan fingerprint density at radius 1 is 1.07 bits per heavy atom. The summed E-state index contributed by atoms with van der Waals surface area (Å²) >= 11 is 0. The maximum absolute atomic E-state index is 11.6. The van der Waals surface area contributed by atoms with Crippen LogP contribution in [0.15, 0.2) is 48.5 Å². The average Bonchev–Trinajstić information content (AvgIpc) is 3.10. The Morgan fingerprint density at radius 2 is 1.83 bits per heavy atom. The van der Waals surface area contributed by atoms with E-state index in [0.717, 1.165) is 54.5 Å². The summed E-state index contributed by atoms with van der Waals surface area (Å²) in [5, 5.41) is 18.8. The molecule has 2 N–H and O–H groups in total. The van der Waals surface area contributed by atoms with E-state index in [1.807, 2.05) is 18.2 Å². The minimum absolute atomic E-state index is 0.115. The van der Waals surface area contributed by atoms with Crippen LogP contribution in [0.25, 0.3) is 11.0 Å². The Morgan fingerprint density at radius 3 is 2.59 bits per heavy atom. The summed E-state index contributed by atoms with van der Waals surface area (Å²) in [7, 11) is 0. The van der Waals surface area contributed by atoms with Gasteiger partial charge >= 0.3 is 5.97 Å². The molecule has 1 aliphatic carbocycles. The fourth-order valence-electron chi connectivity index (χ4n) is 4.61. The van der Waals surface area contributed by atoms with Crippen molar-refractivity contribution in [1.29, 1.82) is 0 Å². The van der Waals surface area contributed by atoms with Gasteiger partial charge in [0.2, 0.25) is 0 Å². The van der Waals surface area contributed by atoms with Gasteiger partial charge < -0.3 is 14.8 Å². The van der Waals surface area contributed by atoms with Gasteiger partial charge in [-0.25, -0.2) is 4.98 Å². The molecule has 1 aliphatic rings. The number of aliphatic hydroxyl groups excluding tert-OH is 1. The number of aliphatic hydroxyl groups is 1. The number of imidazole rings is 1. The molecule has 2 aromatic carbocycles. The summed E-state index contributed by atoms with van der Waals surface area (Å²) in [6.07, 6.45) is 5.28. The van der Waals surface area contributed by atoms with Crippen molar-refractivity contribution in [2.24, 2.45) is 5.92 Å². The normalized spacial score (nSPS) is 19.5. The van der Waals surface area contributed by atoms with Crippen LogP contribution in [0.4, 0.5) is 0 Å². The maximum atomic E-state index is 11.6. The van der Waals surface area contributed by atoms with Crippen molar-refractivity contribution in [3.05, 3.63) is 65.5 Å². The van der Waals surface area contributed by atoms with Crippen LogP contribution in [-0.2, 0) is 17.8 Å². The van der Waals surface area contributed by atoms with Crippen molar-refractivity contribution in [2.75, 3.05) is 6.61 Å². The smallest absolute Gasteiger partial charge is 0.307 e. The van der Waals surface area contributed by atoms with Gasteiger partial charge in [0.05, 0.1) is 17.0 Å². The Bertz CT molecular complexity index is 977. The molecule has 2 unspecified atom stereocenters. The van der Waals surface area contributed by atoms with Gasteiger partial charge in [0.15, 0.2) is 0 Å². The van der Waals surface area contributed by atoms with E-state index >= 15 is 0 Å². The molecule has 0 amide bonds. The highest BCUT2D eigenvalue weighted by atomic mass is 16.4. The molecule has 1 saturated carbocycles. The van der Waals surface area contributed by atoms with Gasteiger partial charge in [-0.1, -0.05) is 49.2 Å². The third kappa shape index (κ3) is 4.20. The molecule has 5 heteroatoms. The van der Waals surface area contributed by atoms with E-state index in [2.05, 4.69) is 34.9 Å². The fourth-order valence-corrected chi connectivity index (χ4v) is 4.61. The summed E-state index contributed by atoms with van der Waals surface area (Å²) in [5.74, 6) is 0.168. The summed E-state index contributed by atoms with van der Waals surface area (Å²) in [6, 6.07) is 16.6. The molecule has 29 heavy (non-hydrogen) atoms. The molecule has 1 aromatic heterocycles. The lowest BCUT2D eigenvalue weighted by atomic mass is 9.75. The molecule has 152 valence electrons. The first-order valence-corrected chi connectivity index (χ1v) is 10.5. The molecule has 0 bridgehead atoms. The monoisotopic (exact) mass is 392 g/mol. The lowest BCUT2D eigenvalue weighted by molar-refractivity contribution is -0.143. The van der Waals surface area contributed by atoms with Gasteiger partial charge in [0, 0.05) is 19.6 Å². The van der Waals surface area contributed by atoms with Gasteiger partial charge in [-0.05, 0) is 48.4 Å². The Labute approximate surface area is 171 Å². The lowest BCUT2D eigenvalue weighted by Gasteiger charge is -2.29. The summed E-state index contributed by atoms with van der Waals surface area (Å²) in [5.41, 5.74) is 4.38. The number of aliphatic carboxylic acids is 1. The fraction of sp³-hybridized carbons (Fsp3) is 0.417. The second-order valence-electron chi connectivity index (χ2n) is 8.01. The number of hydrogen-bond acceptors (Lipinski definition) is 3. The number of benzene rings is 2. The number of fused-ring (bicyclic) bond motifs is 1. The van der Waals surface area contributed by atoms with E-state index in [-0.39, 0.29) is 18.4 Å². The Balaban J connectivity index is 1.58. The first kappa shape index (κ1) is 19.6. The minimum atomic E-state index is -0.669. The quantitative estimate of drug-likeness (QED) is 0.626. The highest BCUT2D eigenvalue weighted by Crippen LogP contribution is 2.38. The van der Waals surface area contributed by atoms with E-state index in [4.69, 9.17) is 4.98 Å². The summed E-state index contributed by atoms with van der Waals surface area (Å²) in [6.45, 7) is 0.874. The number of rotatable bonds is 7. The van der Waals surface area contributed by atoms with Gasteiger partial charge in [-0.3, -0.25) is 4.79 Å². The third-order valence-corrected chi connectivity index (χ3v) is 6.12. The van der Waals surface area contributed by atoms with Gasteiger partial charge in [-0.15, -0.1) is 0 Å². The first-order chi connectivity index (χ1) is 14.2. The Kier molecular flexibility index (Phi) is 5.95. The molecule has 5 nitrogen and oxygen atoms in total. The highest BCUT2D eigenvalue weighted by Gasteiger charge is 2.31. The standard InChI is InChI=1S/C24H28N2O3/c27-15-5-10-23-25-21-8-3-4-9-22(21)26(23)16-17-11-13-18(14-12-17)19-6-1-2-7-20(19)24(28)29/h3-4,8-9,11-14,19-20,27H,1-2,5-7,10,15-16H2,(H,28,29). The van der Waals surface area contributed by atoms with Gasteiger partial charge in [0.25, 0.3) is 0 Å². The van der Waals surface area contributed by atoms with Crippen molar-refractivity contribution in [1.82, 2.24) is 9.55 Å².